The van der Waals surface area contributed by atoms with Crippen LogP contribution in [0.25, 0.3) is 0 Å². The fraction of sp³-hybridized carbons (Fsp3) is 0.611. The SMILES string of the molecule is CN(C)[C@H](C(=O)N1CCN(CC(C)(C)O)CC1)c1ccccc1. The molecular formula is C18H29N3O2. The predicted octanol–water partition coefficient (Wildman–Crippen LogP) is 1.20. The maximum absolute atomic E-state index is 12.9. The second kappa shape index (κ2) is 7.43. The monoisotopic (exact) mass is 319 g/mol. The molecule has 1 aliphatic heterocycles. The van der Waals surface area contributed by atoms with E-state index in [0.29, 0.717) is 19.6 Å². The van der Waals surface area contributed by atoms with Gasteiger partial charge in [0, 0.05) is 32.7 Å². The first-order valence-electron chi connectivity index (χ1n) is 8.23. The van der Waals surface area contributed by atoms with Crippen LogP contribution in [0, 0.1) is 0 Å². The summed E-state index contributed by atoms with van der Waals surface area (Å²) in [5.41, 5.74) is 0.337. The quantitative estimate of drug-likeness (QED) is 0.886. The summed E-state index contributed by atoms with van der Waals surface area (Å²) in [5, 5.41) is 9.93. The smallest absolute Gasteiger partial charge is 0.244 e. The molecule has 0 saturated carbocycles. The molecule has 0 spiro atoms. The van der Waals surface area contributed by atoms with Gasteiger partial charge in [-0.25, -0.2) is 0 Å². The summed E-state index contributed by atoms with van der Waals surface area (Å²) < 4.78 is 0. The first kappa shape index (κ1) is 17.9. The van der Waals surface area contributed by atoms with E-state index in [1.54, 1.807) is 0 Å². The number of piperazine rings is 1. The van der Waals surface area contributed by atoms with Crippen molar-refractivity contribution in [2.75, 3.05) is 46.8 Å². The lowest BCUT2D eigenvalue weighted by Gasteiger charge is -2.39. The van der Waals surface area contributed by atoms with Crippen LogP contribution in [0.5, 0.6) is 0 Å². The van der Waals surface area contributed by atoms with Crippen LogP contribution in [0.4, 0.5) is 0 Å². The summed E-state index contributed by atoms with van der Waals surface area (Å²) >= 11 is 0. The number of rotatable bonds is 5. The molecule has 5 heteroatoms. The summed E-state index contributed by atoms with van der Waals surface area (Å²) in [6.45, 7) is 7.34. The van der Waals surface area contributed by atoms with E-state index in [4.69, 9.17) is 0 Å². The number of benzene rings is 1. The van der Waals surface area contributed by atoms with Crippen molar-refractivity contribution in [1.82, 2.24) is 14.7 Å². The van der Waals surface area contributed by atoms with E-state index in [0.717, 1.165) is 18.7 Å². The minimum atomic E-state index is -0.692. The minimum absolute atomic E-state index is 0.157. The van der Waals surface area contributed by atoms with Gasteiger partial charge < -0.3 is 10.0 Å². The molecule has 2 rings (SSSR count). The van der Waals surface area contributed by atoms with Crippen LogP contribution >= 0.6 is 0 Å². The highest BCUT2D eigenvalue weighted by molar-refractivity contribution is 5.83. The Kier molecular flexibility index (Phi) is 5.79. The fourth-order valence-corrected chi connectivity index (χ4v) is 3.14. The van der Waals surface area contributed by atoms with Crippen molar-refractivity contribution in [3.8, 4) is 0 Å². The molecule has 128 valence electrons. The van der Waals surface area contributed by atoms with Gasteiger partial charge >= 0.3 is 0 Å². The second-order valence-corrected chi connectivity index (χ2v) is 7.19. The molecule has 1 fully saturated rings. The molecule has 1 amide bonds. The van der Waals surface area contributed by atoms with E-state index >= 15 is 0 Å². The van der Waals surface area contributed by atoms with E-state index in [1.165, 1.54) is 0 Å². The van der Waals surface area contributed by atoms with E-state index in [1.807, 2.05) is 68.1 Å². The molecular weight excluding hydrogens is 290 g/mol. The van der Waals surface area contributed by atoms with Crippen LogP contribution in [0.1, 0.15) is 25.5 Å². The Bertz CT molecular complexity index is 503. The predicted molar refractivity (Wildman–Crippen MR) is 92.2 cm³/mol. The highest BCUT2D eigenvalue weighted by Gasteiger charge is 2.30. The number of carbonyl (C=O) groups excluding carboxylic acids is 1. The lowest BCUT2D eigenvalue weighted by atomic mass is 10.0. The molecule has 1 aliphatic rings. The average molecular weight is 319 g/mol. The summed E-state index contributed by atoms with van der Waals surface area (Å²) in [6, 6.07) is 9.69. The number of carbonyl (C=O) groups is 1. The van der Waals surface area contributed by atoms with E-state index in [-0.39, 0.29) is 11.9 Å². The van der Waals surface area contributed by atoms with Crippen molar-refractivity contribution in [2.24, 2.45) is 0 Å². The molecule has 0 bridgehead atoms. The van der Waals surface area contributed by atoms with Gasteiger partial charge in [0.2, 0.25) is 5.91 Å². The highest BCUT2D eigenvalue weighted by Crippen LogP contribution is 2.21. The third kappa shape index (κ3) is 5.03. The van der Waals surface area contributed by atoms with Crippen molar-refractivity contribution >= 4 is 5.91 Å². The number of hydrogen-bond acceptors (Lipinski definition) is 4. The number of nitrogens with zero attached hydrogens (tertiary/aromatic N) is 3. The van der Waals surface area contributed by atoms with Crippen molar-refractivity contribution in [3.63, 3.8) is 0 Å². The van der Waals surface area contributed by atoms with Gasteiger partial charge in [0.1, 0.15) is 6.04 Å². The van der Waals surface area contributed by atoms with E-state index in [9.17, 15) is 9.90 Å². The lowest BCUT2D eigenvalue weighted by Crippen LogP contribution is -2.53. The summed E-state index contributed by atoms with van der Waals surface area (Å²) in [4.78, 5) is 19.1. The maximum Gasteiger partial charge on any atom is 0.244 e. The molecule has 0 radical (unpaired) electrons. The zero-order valence-electron chi connectivity index (χ0n) is 14.7. The normalized spacial score (nSPS) is 18.3. The van der Waals surface area contributed by atoms with Crippen LogP contribution in [0.3, 0.4) is 0 Å². The van der Waals surface area contributed by atoms with Crippen molar-refractivity contribution < 1.29 is 9.90 Å². The first-order chi connectivity index (χ1) is 10.8. The van der Waals surface area contributed by atoms with E-state index < -0.39 is 5.60 Å². The molecule has 1 aromatic carbocycles. The molecule has 0 unspecified atom stereocenters. The zero-order chi connectivity index (χ0) is 17.0. The number of likely N-dealkylation sites (N-methyl/N-ethyl adjacent to an activating group) is 1. The standard InChI is InChI=1S/C18H29N3O2/c1-18(2,23)14-20-10-12-21(13-11-20)17(22)16(19(3)4)15-8-6-5-7-9-15/h5-9,16,23H,10-14H2,1-4H3/t16-/m0/s1. The Labute approximate surface area is 139 Å². The van der Waals surface area contributed by atoms with Crippen LogP contribution in [-0.4, -0.2) is 78.1 Å². The Hall–Kier alpha value is -1.43. The van der Waals surface area contributed by atoms with Crippen molar-refractivity contribution in [3.05, 3.63) is 35.9 Å². The van der Waals surface area contributed by atoms with Crippen LogP contribution in [0.2, 0.25) is 0 Å². The Morgan fingerprint density at radius 2 is 1.74 bits per heavy atom. The third-order valence-corrected chi connectivity index (χ3v) is 4.16. The maximum atomic E-state index is 12.9. The Balaban J connectivity index is 2.00. The molecule has 1 saturated heterocycles. The minimum Gasteiger partial charge on any atom is -0.389 e. The average Bonchev–Trinajstić information content (AvgIpc) is 2.47. The van der Waals surface area contributed by atoms with Crippen molar-refractivity contribution in [1.29, 1.82) is 0 Å². The zero-order valence-corrected chi connectivity index (χ0v) is 14.7. The van der Waals surface area contributed by atoms with Gasteiger partial charge in [-0.05, 0) is 33.5 Å². The van der Waals surface area contributed by atoms with E-state index in [2.05, 4.69) is 4.90 Å². The molecule has 1 N–H and O–H groups in total. The van der Waals surface area contributed by atoms with Gasteiger partial charge in [-0.1, -0.05) is 30.3 Å². The summed E-state index contributed by atoms with van der Waals surface area (Å²) in [7, 11) is 3.89. The number of amides is 1. The van der Waals surface area contributed by atoms with Gasteiger partial charge in [-0.3, -0.25) is 14.6 Å². The largest absolute Gasteiger partial charge is 0.389 e. The van der Waals surface area contributed by atoms with Crippen LogP contribution < -0.4 is 0 Å². The van der Waals surface area contributed by atoms with Gasteiger partial charge in [0.15, 0.2) is 0 Å². The molecule has 0 aliphatic carbocycles. The molecule has 1 atom stereocenters. The van der Waals surface area contributed by atoms with Crippen LogP contribution in [-0.2, 0) is 4.79 Å². The molecule has 1 heterocycles. The molecule has 1 aromatic rings. The van der Waals surface area contributed by atoms with Gasteiger partial charge in [0.05, 0.1) is 5.60 Å². The second-order valence-electron chi connectivity index (χ2n) is 7.19. The topological polar surface area (TPSA) is 47.0 Å². The van der Waals surface area contributed by atoms with Gasteiger partial charge in [-0.2, -0.15) is 0 Å². The first-order valence-corrected chi connectivity index (χ1v) is 8.23. The fourth-order valence-electron chi connectivity index (χ4n) is 3.14. The van der Waals surface area contributed by atoms with Gasteiger partial charge in [-0.15, -0.1) is 0 Å². The number of β-amino-alcohol motifs (C(OH)–C–C–N with tert-alkyl or cyclic N) is 1. The third-order valence-electron chi connectivity index (χ3n) is 4.16. The Morgan fingerprint density at radius 3 is 2.22 bits per heavy atom. The molecule has 5 nitrogen and oxygen atoms in total. The highest BCUT2D eigenvalue weighted by atomic mass is 16.3. The molecule has 23 heavy (non-hydrogen) atoms. The van der Waals surface area contributed by atoms with Crippen molar-refractivity contribution in [2.45, 2.75) is 25.5 Å². The number of hydrogen-bond donors (Lipinski definition) is 1. The van der Waals surface area contributed by atoms with Crippen LogP contribution in [0.15, 0.2) is 30.3 Å². The summed E-state index contributed by atoms with van der Waals surface area (Å²) in [6.07, 6.45) is 0. The summed E-state index contributed by atoms with van der Waals surface area (Å²) in [5.74, 6) is 0.157. The molecule has 0 aromatic heterocycles. The number of aliphatic hydroxyl groups is 1. The lowest BCUT2D eigenvalue weighted by molar-refractivity contribution is -0.138. The Morgan fingerprint density at radius 1 is 1.17 bits per heavy atom. The van der Waals surface area contributed by atoms with Gasteiger partial charge in [0.25, 0.3) is 0 Å².